The molecule has 0 fully saturated rings. The topological polar surface area (TPSA) is 145 Å². The first kappa shape index (κ1) is 20.6. The van der Waals surface area contributed by atoms with E-state index in [2.05, 4.69) is 15.7 Å². The van der Waals surface area contributed by atoms with Crippen LogP contribution in [0.25, 0.3) is 5.70 Å². The predicted octanol–water partition coefficient (Wildman–Crippen LogP) is 2.11. The molecule has 0 spiro atoms. The number of aromatic nitrogens is 2. The fourth-order valence-corrected chi connectivity index (χ4v) is 3.08. The molecular weight excluding hydrogens is 384 g/mol. The molecule has 0 aliphatic heterocycles. The van der Waals surface area contributed by atoms with Gasteiger partial charge >= 0.3 is 6.03 Å². The lowest BCUT2D eigenvalue weighted by molar-refractivity contribution is -0.118. The van der Waals surface area contributed by atoms with E-state index in [-0.39, 0.29) is 17.3 Å². The van der Waals surface area contributed by atoms with Crippen molar-refractivity contribution in [2.45, 2.75) is 19.8 Å². The molecule has 0 saturated heterocycles. The van der Waals surface area contributed by atoms with Crippen molar-refractivity contribution >= 4 is 29.2 Å². The van der Waals surface area contributed by atoms with E-state index in [0.29, 0.717) is 18.5 Å². The van der Waals surface area contributed by atoms with Crippen LogP contribution in [0.4, 0.5) is 10.5 Å². The summed E-state index contributed by atoms with van der Waals surface area (Å²) in [6.07, 6.45) is 18.2. The van der Waals surface area contributed by atoms with Gasteiger partial charge in [0.2, 0.25) is 5.91 Å². The third kappa shape index (κ3) is 5.02. The summed E-state index contributed by atoms with van der Waals surface area (Å²) in [6, 6.07) is -0.819. The van der Waals surface area contributed by atoms with Gasteiger partial charge in [-0.1, -0.05) is 30.4 Å². The molecular formula is C21H22N6O3. The second-order valence-electron chi connectivity index (χ2n) is 6.68. The van der Waals surface area contributed by atoms with Crippen molar-refractivity contribution in [1.29, 1.82) is 0 Å². The number of nitrogens with zero attached hydrogens (tertiary/aromatic N) is 2. The number of carbonyl (C=O) groups is 3. The van der Waals surface area contributed by atoms with Crippen molar-refractivity contribution in [1.82, 2.24) is 15.1 Å². The molecule has 9 heteroatoms. The van der Waals surface area contributed by atoms with E-state index >= 15 is 0 Å². The minimum absolute atomic E-state index is 0.0858. The molecule has 0 aromatic carbocycles. The normalized spacial score (nSPS) is 15.8. The number of allylic oxidation sites excluding steroid dienone is 11. The van der Waals surface area contributed by atoms with Gasteiger partial charge in [-0.3, -0.25) is 9.59 Å². The van der Waals surface area contributed by atoms with E-state index in [4.69, 9.17) is 11.5 Å². The average molecular weight is 406 g/mol. The van der Waals surface area contributed by atoms with Gasteiger partial charge in [-0.15, -0.1) is 0 Å². The van der Waals surface area contributed by atoms with E-state index < -0.39 is 11.9 Å². The van der Waals surface area contributed by atoms with Gasteiger partial charge in [0.1, 0.15) is 0 Å². The lowest BCUT2D eigenvalue weighted by Crippen LogP contribution is -2.22. The highest BCUT2D eigenvalue weighted by Gasteiger charge is 2.17. The van der Waals surface area contributed by atoms with Crippen LogP contribution in [0.3, 0.4) is 0 Å². The molecule has 154 valence electrons. The zero-order valence-electron chi connectivity index (χ0n) is 16.4. The summed E-state index contributed by atoms with van der Waals surface area (Å²) < 4.78 is 1.46. The Morgan fingerprint density at radius 2 is 1.87 bits per heavy atom. The van der Waals surface area contributed by atoms with Crippen molar-refractivity contribution in [2.24, 2.45) is 11.5 Å². The lowest BCUT2D eigenvalue weighted by atomic mass is 9.99. The molecule has 0 bridgehead atoms. The quantitative estimate of drug-likeness (QED) is 0.593. The number of rotatable bonds is 5. The first-order valence-electron chi connectivity index (χ1n) is 9.22. The summed E-state index contributed by atoms with van der Waals surface area (Å²) >= 11 is 0. The number of urea groups is 1. The standard InChI is InChI=1S/C21H22N6O3/c1-13(28)24-16-7-4-6-14(9-10-16)15-5-2-3-8-17(11-15)27-12-18(25-21(23)30)19(26-27)20(22)29/h2-4,6-8,10-12H,5,9H2,1H3,(H2,22,29)(H,24,28)(H3,23,25,30). The summed E-state index contributed by atoms with van der Waals surface area (Å²) in [6.45, 7) is 1.47. The molecule has 1 heterocycles. The number of hydrogen-bond acceptors (Lipinski definition) is 4. The third-order valence-corrected chi connectivity index (χ3v) is 4.38. The van der Waals surface area contributed by atoms with E-state index in [1.165, 1.54) is 17.8 Å². The fraction of sp³-hybridized carbons (Fsp3) is 0.143. The van der Waals surface area contributed by atoms with Crippen LogP contribution < -0.4 is 22.1 Å². The molecule has 0 unspecified atom stereocenters. The second kappa shape index (κ2) is 8.91. The van der Waals surface area contributed by atoms with Crippen LogP contribution in [-0.2, 0) is 4.79 Å². The van der Waals surface area contributed by atoms with E-state index in [9.17, 15) is 14.4 Å². The summed E-state index contributed by atoms with van der Waals surface area (Å²) in [7, 11) is 0. The molecule has 0 atom stereocenters. The number of hydrogen-bond donors (Lipinski definition) is 4. The smallest absolute Gasteiger partial charge is 0.316 e. The fourth-order valence-electron chi connectivity index (χ4n) is 3.08. The number of carbonyl (C=O) groups excluding carboxylic acids is 3. The number of primary amides is 2. The number of nitrogens with one attached hydrogen (secondary N) is 2. The van der Waals surface area contributed by atoms with E-state index in [0.717, 1.165) is 16.8 Å². The Kier molecular flexibility index (Phi) is 6.11. The molecule has 0 radical (unpaired) electrons. The second-order valence-corrected chi connectivity index (χ2v) is 6.68. The summed E-state index contributed by atoms with van der Waals surface area (Å²) in [5, 5.41) is 9.34. The number of anilines is 1. The molecule has 1 aromatic rings. The highest BCUT2D eigenvalue weighted by Crippen LogP contribution is 2.27. The third-order valence-electron chi connectivity index (χ3n) is 4.38. The molecule has 3 rings (SSSR count). The Morgan fingerprint density at radius 3 is 2.57 bits per heavy atom. The molecule has 30 heavy (non-hydrogen) atoms. The maximum absolute atomic E-state index is 11.7. The average Bonchev–Trinajstić information content (AvgIpc) is 2.83. The largest absolute Gasteiger partial charge is 0.364 e. The van der Waals surface area contributed by atoms with Crippen LogP contribution in [0.1, 0.15) is 30.3 Å². The van der Waals surface area contributed by atoms with Crippen LogP contribution >= 0.6 is 0 Å². The zero-order chi connectivity index (χ0) is 21.7. The Bertz CT molecular complexity index is 1080. The molecule has 4 amide bonds. The van der Waals surface area contributed by atoms with Crippen LogP contribution in [0.15, 0.2) is 71.6 Å². The predicted molar refractivity (Wildman–Crippen MR) is 114 cm³/mol. The van der Waals surface area contributed by atoms with E-state index in [1.54, 1.807) is 0 Å². The van der Waals surface area contributed by atoms with Crippen molar-refractivity contribution in [3.8, 4) is 0 Å². The molecule has 0 saturated carbocycles. The summed E-state index contributed by atoms with van der Waals surface area (Å²) in [5.41, 5.74) is 14.1. The van der Waals surface area contributed by atoms with Gasteiger partial charge in [0, 0.05) is 12.6 Å². The maximum atomic E-state index is 11.7. The molecule has 2 aliphatic rings. The number of nitrogens with two attached hydrogens (primary N) is 2. The lowest BCUT2D eigenvalue weighted by Gasteiger charge is -2.09. The summed E-state index contributed by atoms with van der Waals surface area (Å²) in [5.74, 6) is -0.904. The van der Waals surface area contributed by atoms with Crippen LogP contribution in [-0.4, -0.2) is 27.6 Å². The van der Waals surface area contributed by atoms with Crippen molar-refractivity contribution in [2.75, 3.05) is 5.32 Å². The Morgan fingerprint density at radius 1 is 1.07 bits per heavy atom. The minimum Gasteiger partial charge on any atom is -0.364 e. The highest BCUT2D eigenvalue weighted by molar-refractivity contribution is 6.01. The number of amides is 4. The molecule has 6 N–H and O–H groups in total. The van der Waals surface area contributed by atoms with Crippen LogP contribution in [0.5, 0.6) is 0 Å². The van der Waals surface area contributed by atoms with Crippen LogP contribution in [0, 0.1) is 0 Å². The molecule has 1 aromatic heterocycles. The van der Waals surface area contributed by atoms with Gasteiger partial charge in [-0.2, -0.15) is 5.10 Å². The van der Waals surface area contributed by atoms with Gasteiger partial charge in [-0.05, 0) is 42.2 Å². The molecule has 2 aliphatic carbocycles. The van der Waals surface area contributed by atoms with Crippen molar-refractivity contribution < 1.29 is 14.4 Å². The minimum atomic E-state index is -0.819. The van der Waals surface area contributed by atoms with Gasteiger partial charge in [0.25, 0.3) is 5.91 Å². The van der Waals surface area contributed by atoms with E-state index in [1.807, 2.05) is 48.6 Å². The van der Waals surface area contributed by atoms with Gasteiger partial charge in [0.05, 0.1) is 17.6 Å². The molecule has 9 nitrogen and oxygen atoms in total. The monoisotopic (exact) mass is 406 g/mol. The van der Waals surface area contributed by atoms with Gasteiger partial charge in [0.15, 0.2) is 5.69 Å². The Labute approximate surface area is 173 Å². The Hall–Kier alpha value is -4.14. The van der Waals surface area contributed by atoms with Gasteiger partial charge in [-0.25, -0.2) is 9.48 Å². The SMILES string of the molecule is CC(=O)NC1=CCC(C2=CC(n3cc(NC(N)=O)c(C(N)=O)n3)=CC=CC2)=CC=C1. The van der Waals surface area contributed by atoms with Crippen LogP contribution in [0.2, 0.25) is 0 Å². The zero-order valence-corrected chi connectivity index (χ0v) is 16.4. The first-order chi connectivity index (χ1) is 14.3. The van der Waals surface area contributed by atoms with Crippen molar-refractivity contribution in [3.63, 3.8) is 0 Å². The Balaban J connectivity index is 1.91. The summed E-state index contributed by atoms with van der Waals surface area (Å²) in [4.78, 5) is 34.2. The van der Waals surface area contributed by atoms with Crippen molar-refractivity contribution in [3.05, 3.63) is 77.3 Å². The highest BCUT2D eigenvalue weighted by atomic mass is 16.2. The first-order valence-corrected chi connectivity index (χ1v) is 9.22. The maximum Gasteiger partial charge on any atom is 0.316 e. The van der Waals surface area contributed by atoms with Gasteiger partial charge < -0.3 is 22.1 Å².